The molecule has 70 valence electrons. The van der Waals surface area contributed by atoms with E-state index in [0.29, 0.717) is 17.4 Å². The molecule has 1 aromatic heterocycles. The van der Waals surface area contributed by atoms with Gasteiger partial charge in [0.05, 0.1) is 5.56 Å². The summed E-state index contributed by atoms with van der Waals surface area (Å²) in [5, 5.41) is 8.68. The summed E-state index contributed by atoms with van der Waals surface area (Å²) in [4.78, 5) is 24.7. The van der Waals surface area contributed by atoms with Crippen LogP contribution in [0, 0.1) is 0 Å². The first kappa shape index (κ1) is 8.43. The lowest BCUT2D eigenvalue weighted by Gasteiger charge is -1.91. The summed E-state index contributed by atoms with van der Waals surface area (Å²) in [6.45, 7) is 0. The topological polar surface area (TPSA) is 80.4 Å². The average Bonchev–Trinajstić information content (AvgIpc) is 2.58. The van der Waals surface area contributed by atoms with Crippen LogP contribution in [-0.4, -0.2) is 22.3 Å². The maximum atomic E-state index is 10.6. The predicted octanol–water partition coefficient (Wildman–Crippen LogP) is 1.34. The number of aromatic nitrogens is 1. The molecule has 0 saturated heterocycles. The Hall–Kier alpha value is -2.17. The highest BCUT2D eigenvalue weighted by Gasteiger charge is 2.08. The molecule has 0 spiro atoms. The SMILES string of the molecule is O=Cc1nc2ccc(C(=O)O)cc2o1. The van der Waals surface area contributed by atoms with Crippen LogP contribution in [0.4, 0.5) is 0 Å². The molecule has 0 radical (unpaired) electrons. The van der Waals surface area contributed by atoms with Crippen LogP contribution in [0.2, 0.25) is 0 Å². The number of carbonyl (C=O) groups excluding carboxylic acids is 1. The zero-order valence-corrected chi connectivity index (χ0v) is 6.93. The van der Waals surface area contributed by atoms with Gasteiger partial charge in [-0.05, 0) is 18.2 Å². The standard InChI is InChI=1S/C9H5NO4/c11-4-8-10-6-2-1-5(9(12)13)3-7(6)14-8/h1-4H,(H,12,13). The second kappa shape index (κ2) is 2.95. The van der Waals surface area contributed by atoms with Gasteiger partial charge < -0.3 is 9.52 Å². The van der Waals surface area contributed by atoms with E-state index in [-0.39, 0.29) is 11.5 Å². The molecule has 0 bridgehead atoms. The average molecular weight is 191 g/mol. The third kappa shape index (κ3) is 1.24. The first-order chi connectivity index (χ1) is 6.70. The fourth-order valence-corrected chi connectivity index (χ4v) is 1.13. The molecule has 0 amide bonds. The van der Waals surface area contributed by atoms with Crippen molar-refractivity contribution in [2.24, 2.45) is 0 Å². The van der Waals surface area contributed by atoms with Gasteiger partial charge in [0.15, 0.2) is 5.58 Å². The number of aromatic carboxylic acids is 1. The number of rotatable bonds is 2. The molecule has 1 N–H and O–H groups in total. The van der Waals surface area contributed by atoms with Crippen molar-refractivity contribution < 1.29 is 19.1 Å². The summed E-state index contributed by atoms with van der Waals surface area (Å²) < 4.78 is 4.97. The van der Waals surface area contributed by atoms with Crippen molar-refractivity contribution in [2.75, 3.05) is 0 Å². The minimum Gasteiger partial charge on any atom is -0.478 e. The molecule has 0 aliphatic carbocycles. The summed E-state index contributed by atoms with van der Waals surface area (Å²) >= 11 is 0. The number of fused-ring (bicyclic) bond motifs is 1. The van der Waals surface area contributed by atoms with E-state index in [4.69, 9.17) is 9.52 Å². The maximum Gasteiger partial charge on any atom is 0.335 e. The minimum absolute atomic E-state index is 0.0532. The molecule has 1 heterocycles. The highest BCUT2D eigenvalue weighted by Crippen LogP contribution is 2.16. The van der Waals surface area contributed by atoms with Gasteiger partial charge in [0.2, 0.25) is 6.29 Å². The van der Waals surface area contributed by atoms with E-state index < -0.39 is 5.97 Å². The molecule has 0 aliphatic heterocycles. The van der Waals surface area contributed by atoms with Crippen molar-refractivity contribution in [1.82, 2.24) is 4.98 Å². The Morgan fingerprint density at radius 1 is 1.50 bits per heavy atom. The van der Waals surface area contributed by atoms with Crippen molar-refractivity contribution in [1.29, 1.82) is 0 Å². The molecule has 5 heteroatoms. The third-order valence-corrected chi connectivity index (χ3v) is 1.75. The van der Waals surface area contributed by atoms with E-state index in [1.165, 1.54) is 18.2 Å². The largest absolute Gasteiger partial charge is 0.478 e. The molecule has 0 unspecified atom stereocenters. The van der Waals surface area contributed by atoms with Gasteiger partial charge >= 0.3 is 5.97 Å². The van der Waals surface area contributed by atoms with Crippen molar-refractivity contribution in [3.8, 4) is 0 Å². The van der Waals surface area contributed by atoms with E-state index in [9.17, 15) is 9.59 Å². The second-order valence-corrected chi connectivity index (χ2v) is 2.66. The van der Waals surface area contributed by atoms with Crippen LogP contribution in [-0.2, 0) is 0 Å². The molecule has 0 saturated carbocycles. The molecule has 14 heavy (non-hydrogen) atoms. The lowest BCUT2D eigenvalue weighted by Crippen LogP contribution is -1.94. The molecule has 0 fully saturated rings. The number of carboxylic acids is 1. The van der Waals surface area contributed by atoms with E-state index in [1.54, 1.807) is 0 Å². The fourth-order valence-electron chi connectivity index (χ4n) is 1.13. The summed E-state index contributed by atoms with van der Waals surface area (Å²) in [6, 6.07) is 4.23. The molecule has 0 atom stereocenters. The molecule has 5 nitrogen and oxygen atoms in total. The number of nitrogens with zero attached hydrogens (tertiary/aromatic N) is 1. The summed E-state index contributed by atoms with van der Waals surface area (Å²) in [7, 11) is 0. The van der Waals surface area contributed by atoms with Gasteiger partial charge in [0, 0.05) is 0 Å². The number of hydrogen-bond donors (Lipinski definition) is 1. The van der Waals surface area contributed by atoms with Gasteiger partial charge in [-0.15, -0.1) is 0 Å². The van der Waals surface area contributed by atoms with Crippen LogP contribution in [0.5, 0.6) is 0 Å². The Bertz CT molecular complexity index is 515. The zero-order valence-electron chi connectivity index (χ0n) is 6.93. The van der Waals surface area contributed by atoms with Crippen LogP contribution in [0.1, 0.15) is 21.0 Å². The first-order valence-electron chi connectivity index (χ1n) is 3.80. The lowest BCUT2D eigenvalue weighted by atomic mass is 10.2. The molecule has 2 rings (SSSR count). The lowest BCUT2D eigenvalue weighted by molar-refractivity contribution is 0.0697. The highest BCUT2D eigenvalue weighted by atomic mass is 16.4. The van der Waals surface area contributed by atoms with Crippen molar-refractivity contribution >= 4 is 23.4 Å². The van der Waals surface area contributed by atoms with E-state index in [0.717, 1.165) is 0 Å². The Morgan fingerprint density at radius 2 is 2.29 bits per heavy atom. The smallest absolute Gasteiger partial charge is 0.335 e. The Balaban J connectivity index is 2.65. The number of hydrogen-bond acceptors (Lipinski definition) is 4. The number of aldehydes is 1. The van der Waals surface area contributed by atoms with Gasteiger partial charge in [-0.25, -0.2) is 9.78 Å². The van der Waals surface area contributed by atoms with E-state index in [1.807, 2.05) is 0 Å². The van der Waals surface area contributed by atoms with Crippen LogP contribution >= 0.6 is 0 Å². The van der Waals surface area contributed by atoms with Gasteiger partial charge in [-0.2, -0.15) is 0 Å². The molecule has 2 aromatic rings. The molecular weight excluding hydrogens is 186 g/mol. The number of oxazole rings is 1. The Kier molecular flexibility index (Phi) is 1.78. The number of benzene rings is 1. The zero-order chi connectivity index (χ0) is 10.1. The van der Waals surface area contributed by atoms with Crippen LogP contribution in [0.3, 0.4) is 0 Å². The van der Waals surface area contributed by atoms with Gasteiger partial charge in [-0.3, -0.25) is 4.79 Å². The van der Waals surface area contributed by atoms with E-state index in [2.05, 4.69) is 4.98 Å². The van der Waals surface area contributed by atoms with Crippen LogP contribution in [0.15, 0.2) is 22.6 Å². The Morgan fingerprint density at radius 3 is 2.93 bits per heavy atom. The van der Waals surface area contributed by atoms with Crippen LogP contribution < -0.4 is 0 Å². The Labute approximate surface area is 78.0 Å². The number of carboxylic acid groups (broad SMARTS) is 1. The van der Waals surface area contributed by atoms with Crippen molar-refractivity contribution in [3.05, 3.63) is 29.7 Å². The van der Waals surface area contributed by atoms with E-state index >= 15 is 0 Å². The summed E-state index contributed by atoms with van der Waals surface area (Å²) in [5.74, 6) is -1.10. The maximum absolute atomic E-state index is 10.6. The van der Waals surface area contributed by atoms with Crippen LogP contribution in [0.25, 0.3) is 11.1 Å². The molecule has 1 aromatic carbocycles. The second-order valence-electron chi connectivity index (χ2n) is 2.66. The normalized spacial score (nSPS) is 10.3. The number of carbonyl (C=O) groups is 2. The highest BCUT2D eigenvalue weighted by molar-refractivity contribution is 5.92. The molecule has 0 aliphatic rings. The van der Waals surface area contributed by atoms with Gasteiger partial charge in [-0.1, -0.05) is 0 Å². The minimum atomic E-state index is -1.05. The van der Waals surface area contributed by atoms with Crippen molar-refractivity contribution in [2.45, 2.75) is 0 Å². The van der Waals surface area contributed by atoms with Crippen molar-refractivity contribution in [3.63, 3.8) is 0 Å². The fraction of sp³-hybridized carbons (Fsp3) is 0. The monoisotopic (exact) mass is 191 g/mol. The third-order valence-electron chi connectivity index (χ3n) is 1.75. The first-order valence-corrected chi connectivity index (χ1v) is 3.80. The quantitative estimate of drug-likeness (QED) is 0.724. The summed E-state index contributed by atoms with van der Waals surface area (Å²) in [5.41, 5.74) is 0.871. The van der Waals surface area contributed by atoms with Gasteiger partial charge in [0.25, 0.3) is 5.89 Å². The van der Waals surface area contributed by atoms with Gasteiger partial charge in [0.1, 0.15) is 5.52 Å². The predicted molar refractivity (Wildman–Crippen MR) is 46.4 cm³/mol. The molecular formula is C9H5NO4. The summed E-state index contributed by atoms with van der Waals surface area (Å²) in [6.07, 6.45) is 0.473.